The maximum Gasteiger partial charge on any atom is 0.157 e. The quantitative estimate of drug-likeness (QED) is 0.450. The molecule has 0 aliphatic rings. The monoisotopic (exact) mass is 207 g/mol. The highest BCUT2D eigenvalue weighted by atomic mass is 31.2. The van der Waals surface area contributed by atoms with E-state index < -0.39 is 7.26 Å². The average molecular weight is 207 g/mol. The molecule has 0 radical (unpaired) electrons. The van der Waals surface area contributed by atoms with Crippen molar-refractivity contribution in [3.05, 3.63) is 0 Å². The van der Waals surface area contributed by atoms with Gasteiger partial charge in [0.05, 0.1) is 31.7 Å². The Morgan fingerprint density at radius 2 is 1.46 bits per heavy atom. The first-order chi connectivity index (χ1) is 6.24. The molecule has 3 heteroatoms. The van der Waals surface area contributed by atoms with Crippen molar-refractivity contribution in [1.29, 1.82) is 0 Å². The first-order valence-electron chi connectivity index (χ1n) is 5.16. The Balaban J connectivity index is 3.68. The zero-order chi connectivity index (χ0) is 10.2. The first-order valence-corrected chi connectivity index (χ1v) is 7.69. The number of methoxy groups -OCH3 is 1. The van der Waals surface area contributed by atoms with Crippen LogP contribution in [0.5, 0.6) is 0 Å². The van der Waals surface area contributed by atoms with Crippen LogP contribution in [-0.2, 0) is 9.47 Å². The van der Waals surface area contributed by atoms with Gasteiger partial charge in [-0.05, 0) is 20.8 Å². The van der Waals surface area contributed by atoms with Gasteiger partial charge in [-0.25, -0.2) is 0 Å². The molecule has 0 bridgehead atoms. The van der Waals surface area contributed by atoms with E-state index in [1.807, 2.05) is 0 Å². The third kappa shape index (κ3) is 4.95. The summed E-state index contributed by atoms with van der Waals surface area (Å²) < 4.78 is 10.6. The Morgan fingerprint density at radius 1 is 0.923 bits per heavy atom. The predicted molar refractivity (Wildman–Crippen MR) is 61.2 cm³/mol. The van der Waals surface area contributed by atoms with Gasteiger partial charge in [0.1, 0.15) is 0 Å². The summed E-state index contributed by atoms with van der Waals surface area (Å²) in [4.78, 5) is 0. The third-order valence-corrected chi connectivity index (χ3v) is 7.56. The lowest BCUT2D eigenvalue weighted by atomic mass is 10.8. The second-order valence-corrected chi connectivity index (χ2v) is 8.16. The number of hydrogen-bond acceptors (Lipinski definition) is 2. The van der Waals surface area contributed by atoms with E-state index in [-0.39, 0.29) is 0 Å². The summed E-state index contributed by atoms with van der Waals surface area (Å²) in [6.45, 7) is 8.34. The van der Waals surface area contributed by atoms with E-state index in [1.54, 1.807) is 7.11 Å². The van der Waals surface area contributed by atoms with E-state index in [2.05, 4.69) is 20.8 Å². The summed E-state index contributed by atoms with van der Waals surface area (Å²) in [6, 6.07) is 0. The Hall–Kier alpha value is 0.350. The van der Waals surface area contributed by atoms with Crippen molar-refractivity contribution < 1.29 is 9.47 Å². The lowest BCUT2D eigenvalue weighted by molar-refractivity contribution is 0.0931. The molecule has 0 rings (SSSR count). The lowest BCUT2D eigenvalue weighted by Gasteiger charge is -2.22. The van der Waals surface area contributed by atoms with Crippen molar-refractivity contribution in [2.24, 2.45) is 0 Å². The fourth-order valence-corrected chi connectivity index (χ4v) is 3.75. The van der Waals surface area contributed by atoms with Gasteiger partial charge in [0.25, 0.3) is 0 Å². The highest BCUT2D eigenvalue weighted by Gasteiger charge is 2.31. The molecular weight excluding hydrogens is 183 g/mol. The maximum atomic E-state index is 5.64. The van der Waals surface area contributed by atoms with Gasteiger partial charge < -0.3 is 9.47 Å². The molecule has 0 aromatic carbocycles. The van der Waals surface area contributed by atoms with Crippen LogP contribution in [0.3, 0.4) is 0 Å². The fourth-order valence-electron chi connectivity index (χ4n) is 1.35. The standard InChI is InChI=1S/C10H24O2P/c1-5-13(6-2,7-3)10-12-9-8-11-4/h5-10H2,1-4H3/q+1. The van der Waals surface area contributed by atoms with Crippen molar-refractivity contribution >= 4 is 7.26 Å². The minimum absolute atomic E-state index is 0.719. The van der Waals surface area contributed by atoms with Crippen LogP contribution in [0.1, 0.15) is 20.8 Å². The van der Waals surface area contributed by atoms with Crippen LogP contribution in [0, 0.1) is 0 Å². The summed E-state index contributed by atoms with van der Waals surface area (Å²) in [7, 11) is 0.957. The van der Waals surface area contributed by atoms with Gasteiger partial charge in [0.15, 0.2) is 6.35 Å². The summed E-state index contributed by atoms with van der Waals surface area (Å²) in [5.41, 5.74) is 0. The molecule has 0 saturated heterocycles. The molecule has 0 fully saturated rings. The predicted octanol–water partition coefficient (Wildman–Crippen LogP) is 2.68. The van der Waals surface area contributed by atoms with Gasteiger partial charge in [-0.15, -0.1) is 0 Å². The van der Waals surface area contributed by atoms with E-state index >= 15 is 0 Å². The second kappa shape index (κ2) is 7.73. The van der Waals surface area contributed by atoms with Crippen molar-refractivity contribution in [2.45, 2.75) is 20.8 Å². The topological polar surface area (TPSA) is 18.5 Å². The van der Waals surface area contributed by atoms with E-state index in [1.165, 1.54) is 18.5 Å². The van der Waals surface area contributed by atoms with Crippen LogP contribution in [0.15, 0.2) is 0 Å². The molecule has 2 nitrogen and oxygen atoms in total. The van der Waals surface area contributed by atoms with Crippen molar-refractivity contribution in [2.75, 3.05) is 45.2 Å². The summed E-state index contributed by atoms with van der Waals surface area (Å²) in [6.07, 6.45) is 4.92. The lowest BCUT2D eigenvalue weighted by Crippen LogP contribution is -2.12. The molecule has 0 aliphatic heterocycles. The van der Waals surface area contributed by atoms with Crippen molar-refractivity contribution in [3.8, 4) is 0 Å². The summed E-state index contributed by atoms with van der Waals surface area (Å²) >= 11 is 0. The Labute approximate surface area is 83.3 Å². The molecule has 0 N–H and O–H groups in total. The molecular formula is C10H24O2P+. The zero-order valence-corrected chi connectivity index (χ0v) is 10.4. The minimum Gasteiger partial charge on any atom is -0.382 e. The molecule has 0 aliphatic carbocycles. The smallest absolute Gasteiger partial charge is 0.157 e. The molecule has 0 heterocycles. The molecule has 0 unspecified atom stereocenters. The highest BCUT2D eigenvalue weighted by molar-refractivity contribution is 7.75. The van der Waals surface area contributed by atoms with E-state index in [0.717, 1.165) is 19.6 Å². The van der Waals surface area contributed by atoms with Gasteiger partial charge in [-0.1, -0.05) is 0 Å². The van der Waals surface area contributed by atoms with Crippen LogP contribution in [0.2, 0.25) is 0 Å². The molecule has 0 aromatic heterocycles. The molecule has 0 aromatic rings. The van der Waals surface area contributed by atoms with Crippen LogP contribution < -0.4 is 0 Å². The molecule has 0 amide bonds. The van der Waals surface area contributed by atoms with Gasteiger partial charge in [0, 0.05) is 14.4 Å². The fraction of sp³-hybridized carbons (Fsp3) is 1.00. The van der Waals surface area contributed by atoms with Crippen LogP contribution in [-0.4, -0.2) is 45.2 Å². The Bertz CT molecular complexity index is 105. The maximum absolute atomic E-state index is 5.64. The van der Waals surface area contributed by atoms with Gasteiger partial charge >= 0.3 is 0 Å². The van der Waals surface area contributed by atoms with Gasteiger partial charge in [-0.2, -0.15) is 0 Å². The Morgan fingerprint density at radius 3 is 1.85 bits per heavy atom. The van der Waals surface area contributed by atoms with Crippen LogP contribution in [0.4, 0.5) is 0 Å². The number of ether oxygens (including phenoxy) is 2. The first kappa shape index (κ1) is 13.4. The zero-order valence-electron chi connectivity index (χ0n) is 9.51. The average Bonchev–Trinajstić information content (AvgIpc) is 2.20. The van der Waals surface area contributed by atoms with E-state index in [9.17, 15) is 0 Å². The SMILES string of the molecule is CC[P+](CC)(CC)COCCOC. The van der Waals surface area contributed by atoms with Crippen molar-refractivity contribution in [1.82, 2.24) is 0 Å². The number of rotatable bonds is 8. The molecule has 0 saturated carbocycles. The summed E-state index contributed by atoms with van der Waals surface area (Å²) in [5, 5.41) is 0. The normalized spacial score (nSPS) is 12.0. The van der Waals surface area contributed by atoms with E-state index in [4.69, 9.17) is 9.47 Å². The van der Waals surface area contributed by atoms with Gasteiger partial charge in [-0.3, -0.25) is 0 Å². The third-order valence-electron chi connectivity index (χ3n) is 2.81. The minimum atomic E-state index is -0.757. The Kier molecular flexibility index (Phi) is 7.93. The number of hydrogen-bond donors (Lipinski definition) is 0. The van der Waals surface area contributed by atoms with Crippen molar-refractivity contribution in [3.63, 3.8) is 0 Å². The second-order valence-electron chi connectivity index (χ2n) is 3.32. The summed E-state index contributed by atoms with van der Waals surface area (Å²) in [5.74, 6) is 0. The van der Waals surface area contributed by atoms with Gasteiger partial charge in [0.2, 0.25) is 0 Å². The molecule has 0 spiro atoms. The largest absolute Gasteiger partial charge is 0.382 e. The molecule has 13 heavy (non-hydrogen) atoms. The van der Waals surface area contributed by atoms with E-state index in [0.29, 0.717) is 0 Å². The van der Waals surface area contributed by atoms with Crippen LogP contribution in [0.25, 0.3) is 0 Å². The molecule has 0 atom stereocenters. The van der Waals surface area contributed by atoms with Crippen LogP contribution >= 0.6 is 7.26 Å². The highest BCUT2D eigenvalue weighted by Crippen LogP contribution is 2.57. The molecule has 80 valence electrons.